The second-order valence-electron chi connectivity index (χ2n) is 16.7. The van der Waals surface area contributed by atoms with Crippen molar-refractivity contribution in [1.29, 1.82) is 0 Å². The Kier molecular flexibility index (Phi) is 10.6. The number of rotatable bonds is 9. The lowest BCUT2D eigenvalue weighted by Crippen LogP contribution is -2.38. The molecule has 1 amide bonds. The molecule has 1 saturated carbocycles. The molecule has 1 aliphatic carbocycles. The van der Waals surface area contributed by atoms with Crippen molar-refractivity contribution in [2.24, 2.45) is 5.92 Å². The summed E-state index contributed by atoms with van der Waals surface area (Å²) in [5.74, 6) is 1.57. The summed E-state index contributed by atoms with van der Waals surface area (Å²) < 4.78 is 11.0. The van der Waals surface area contributed by atoms with Crippen LogP contribution < -0.4 is 10.9 Å². The minimum atomic E-state index is -0.572. The van der Waals surface area contributed by atoms with Crippen LogP contribution >= 0.6 is 27.3 Å². The fourth-order valence-electron chi connectivity index (χ4n) is 8.96. The number of carbonyl (C=O) groups is 1. The molecule has 0 spiro atoms. The first-order valence-corrected chi connectivity index (χ1v) is 21.5. The van der Waals surface area contributed by atoms with Crippen molar-refractivity contribution in [3.05, 3.63) is 97.8 Å². The number of aryl methyl sites for hydroxylation is 1. The zero-order chi connectivity index (χ0) is 38.4. The molecule has 1 aliphatic heterocycles. The molecule has 1 N–H and O–H groups in total. The Morgan fingerprint density at radius 2 is 1.75 bits per heavy atom. The van der Waals surface area contributed by atoms with Gasteiger partial charge in [0.15, 0.2) is 0 Å². The highest BCUT2D eigenvalue weighted by Crippen LogP contribution is 2.39. The van der Waals surface area contributed by atoms with Crippen molar-refractivity contribution >= 4 is 61.1 Å². The minimum absolute atomic E-state index is 0.166. The van der Waals surface area contributed by atoms with E-state index in [1.165, 1.54) is 28.8 Å². The number of fused-ring (bicyclic) bond motifs is 5. The number of piperidine rings is 1. The second kappa shape index (κ2) is 15.5. The van der Waals surface area contributed by atoms with Gasteiger partial charge in [0.05, 0.1) is 44.1 Å². The lowest BCUT2D eigenvalue weighted by Gasteiger charge is -2.34. The van der Waals surface area contributed by atoms with Gasteiger partial charge in [0, 0.05) is 17.1 Å². The molecule has 1 unspecified atom stereocenters. The van der Waals surface area contributed by atoms with Crippen LogP contribution in [0.1, 0.15) is 107 Å². The third-order valence-electron chi connectivity index (χ3n) is 11.5. The van der Waals surface area contributed by atoms with Gasteiger partial charge in [-0.25, -0.2) is 9.78 Å². The molecule has 8 rings (SSSR count). The van der Waals surface area contributed by atoms with E-state index in [4.69, 9.17) is 9.72 Å². The summed E-state index contributed by atoms with van der Waals surface area (Å²) >= 11 is 5.27. The molecule has 11 heteroatoms. The molecule has 4 heterocycles. The number of carbonyl (C=O) groups excluding carboxylic acids is 1. The Bertz CT molecular complexity index is 2400. The monoisotopic (exact) mass is 822 g/mol. The Morgan fingerprint density at radius 1 is 1.00 bits per heavy atom. The van der Waals surface area contributed by atoms with E-state index in [9.17, 15) is 9.59 Å². The van der Waals surface area contributed by atoms with Crippen molar-refractivity contribution in [1.82, 2.24) is 29.2 Å². The summed E-state index contributed by atoms with van der Waals surface area (Å²) in [5.41, 5.74) is 8.93. The van der Waals surface area contributed by atoms with Crippen LogP contribution in [0, 0.1) is 12.8 Å². The Hall–Kier alpha value is -4.06. The van der Waals surface area contributed by atoms with Gasteiger partial charge in [0.1, 0.15) is 5.60 Å². The molecule has 55 heavy (non-hydrogen) atoms. The highest BCUT2D eigenvalue weighted by Gasteiger charge is 2.28. The van der Waals surface area contributed by atoms with E-state index in [2.05, 4.69) is 89.5 Å². The smallest absolute Gasteiger partial charge is 0.408 e. The number of imidazole rings is 1. The average molecular weight is 824 g/mol. The first-order valence-electron chi connectivity index (χ1n) is 19.8. The van der Waals surface area contributed by atoms with Crippen molar-refractivity contribution in [3.8, 4) is 10.4 Å². The van der Waals surface area contributed by atoms with Crippen molar-refractivity contribution in [2.75, 3.05) is 19.6 Å². The van der Waals surface area contributed by atoms with Gasteiger partial charge in [-0.15, -0.1) is 11.3 Å². The number of benzene rings is 3. The Balaban J connectivity index is 0.984. The molecule has 3 aromatic heterocycles. The normalized spacial score (nSPS) is 17.3. The predicted molar refractivity (Wildman–Crippen MR) is 226 cm³/mol. The summed E-state index contributed by atoms with van der Waals surface area (Å²) in [6, 6.07) is 21.6. The fraction of sp³-hybridized carbons (Fsp3) is 0.455. The lowest BCUT2D eigenvalue weighted by molar-refractivity contribution is 0.0494. The molecule has 9 nitrogen and oxygen atoms in total. The van der Waals surface area contributed by atoms with E-state index in [1.807, 2.05) is 51.4 Å². The summed E-state index contributed by atoms with van der Waals surface area (Å²) in [6.07, 6.45) is 7.22. The molecule has 1 saturated heterocycles. The fourth-order valence-corrected chi connectivity index (χ4v) is 10.3. The molecule has 0 radical (unpaired) electrons. The number of aromatic nitrogens is 4. The largest absolute Gasteiger partial charge is 0.444 e. The van der Waals surface area contributed by atoms with Crippen LogP contribution in [0.15, 0.2) is 75.4 Å². The molecular formula is C44H51BrN6O3S. The average Bonchev–Trinajstić information content (AvgIpc) is 3.90. The molecular weight excluding hydrogens is 772 g/mol. The van der Waals surface area contributed by atoms with E-state index in [1.54, 1.807) is 11.3 Å². The van der Waals surface area contributed by atoms with Gasteiger partial charge in [-0.2, -0.15) is 4.98 Å². The first-order chi connectivity index (χ1) is 26.4. The van der Waals surface area contributed by atoms with Crippen LogP contribution in [0.25, 0.3) is 38.2 Å². The van der Waals surface area contributed by atoms with Gasteiger partial charge >= 0.3 is 6.09 Å². The number of nitrogens with zero attached hydrogens (tertiary/aromatic N) is 5. The summed E-state index contributed by atoms with van der Waals surface area (Å²) in [6.45, 7) is 13.0. The summed E-state index contributed by atoms with van der Waals surface area (Å²) in [4.78, 5) is 39.3. The van der Waals surface area contributed by atoms with E-state index in [0.717, 1.165) is 89.8 Å². The number of likely N-dealkylation sites (tertiary alicyclic amines) is 1. The minimum Gasteiger partial charge on any atom is -0.444 e. The van der Waals surface area contributed by atoms with Crippen LogP contribution in [-0.2, 0) is 4.74 Å². The topological polar surface area (TPSA) is 93.8 Å². The van der Waals surface area contributed by atoms with Gasteiger partial charge in [0.2, 0.25) is 5.78 Å². The van der Waals surface area contributed by atoms with Gasteiger partial charge in [-0.1, -0.05) is 56.2 Å². The second-order valence-corrected chi connectivity index (χ2v) is 18.5. The third-order valence-corrected chi connectivity index (χ3v) is 13.2. The third kappa shape index (κ3) is 7.85. The predicted octanol–water partition coefficient (Wildman–Crippen LogP) is 10.6. The zero-order valence-electron chi connectivity index (χ0n) is 32.5. The van der Waals surface area contributed by atoms with Gasteiger partial charge < -0.3 is 19.5 Å². The maximum atomic E-state index is 13.4. The molecule has 2 aliphatic rings. The number of ether oxygens (including phenoxy) is 1. The molecule has 0 bridgehead atoms. The van der Waals surface area contributed by atoms with Gasteiger partial charge in [0.25, 0.3) is 5.56 Å². The van der Waals surface area contributed by atoms with E-state index in [0.29, 0.717) is 23.3 Å². The summed E-state index contributed by atoms with van der Waals surface area (Å²) in [7, 11) is 0. The Morgan fingerprint density at radius 3 is 2.44 bits per heavy atom. The number of nitrogens with one attached hydrogen (secondary N) is 1. The highest BCUT2D eigenvalue weighted by molar-refractivity contribution is 9.10. The number of hydrogen-bond donors (Lipinski definition) is 1. The van der Waals surface area contributed by atoms with Crippen molar-refractivity contribution < 1.29 is 9.53 Å². The Labute approximate surface area is 335 Å². The molecule has 6 aromatic rings. The maximum Gasteiger partial charge on any atom is 0.408 e. The maximum absolute atomic E-state index is 13.4. The zero-order valence-corrected chi connectivity index (χ0v) is 34.9. The molecule has 2 fully saturated rings. The number of thiazole rings is 1. The standard InChI is InChI=1S/C44H51BrN6O3S/c1-27(23-35(47-43(53)54-44(3,4)5)30-13-15-31(16-14-30)40-28(2)46-26-55-40)25-49-21-19-29(20-22-49)32-17-18-36-38(24-32)50(33-9-6-7-10-33)42-48-41(52)39-34(45)11-8-12-37(39)51(36)42/h8,11-18,24,26-27,29,33,35H,6-7,9-10,19-23,25H2,1-5H3,(H,47,53)/t27?,35-/m0/s1. The van der Waals surface area contributed by atoms with Crippen LogP contribution in [-0.4, -0.2) is 55.2 Å². The lowest BCUT2D eigenvalue weighted by atomic mass is 9.88. The van der Waals surface area contributed by atoms with Gasteiger partial charge in [-0.05, 0) is 142 Å². The van der Waals surface area contributed by atoms with Crippen molar-refractivity contribution in [3.63, 3.8) is 0 Å². The van der Waals surface area contributed by atoms with Crippen molar-refractivity contribution in [2.45, 2.75) is 103 Å². The SMILES string of the molecule is Cc1ncsc1-c1ccc([C@H](CC(C)CN2CCC(c3ccc4c(c3)n(C3CCCC3)c3nc(=O)c5c(Br)cccc5n43)CC2)NC(=O)OC(C)(C)C)cc1. The number of hydrogen-bond acceptors (Lipinski definition) is 7. The van der Waals surface area contributed by atoms with Gasteiger partial charge in [-0.3, -0.25) is 9.20 Å². The van der Waals surface area contributed by atoms with Crippen LogP contribution in [0.4, 0.5) is 4.79 Å². The number of halogens is 1. The van der Waals surface area contributed by atoms with Crippen LogP contribution in [0.2, 0.25) is 0 Å². The molecule has 288 valence electrons. The highest BCUT2D eigenvalue weighted by atomic mass is 79.9. The molecule has 3 aromatic carbocycles. The van der Waals surface area contributed by atoms with Crippen LogP contribution in [0.5, 0.6) is 0 Å². The summed E-state index contributed by atoms with van der Waals surface area (Å²) in [5, 5.41) is 3.83. The van der Waals surface area contributed by atoms with E-state index in [-0.39, 0.29) is 17.7 Å². The first kappa shape index (κ1) is 37.8. The number of alkyl carbamates (subject to hydrolysis) is 1. The number of amides is 1. The van der Waals surface area contributed by atoms with E-state index >= 15 is 0 Å². The molecule has 2 atom stereocenters. The quantitative estimate of drug-likeness (QED) is 0.156. The van der Waals surface area contributed by atoms with Crippen LogP contribution in [0.3, 0.4) is 0 Å². The van der Waals surface area contributed by atoms with E-state index < -0.39 is 5.60 Å².